The number of benzene rings is 3. The molecule has 0 aromatic heterocycles. The van der Waals surface area contributed by atoms with Gasteiger partial charge in [-0.15, -0.1) is 0 Å². The highest BCUT2D eigenvalue weighted by atomic mass is 19.4. The monoisotopic (exact) mass is 536 g/mol. The molecule has 0 saturated carbocycles. The molecule has 0 unspecified atom stereocenters. The summed E-state index contributed by atoms with van der Waals surface area (Å²) >= 11 is 0. The standard InChI is InChI=1S/C30H27F3N2O4/c31-30(32,33)24-8-4-7-23(19-24)29(39)12-15-34(16-13-29)27(37)21-9-10-25-22(17-21)18-26(36)35(28(25)38)14-11-20-5-2-1-3-6-20/h1-10,17,19,39H,11-16,18H2. The first kappa shape index (κ1) is 26.6. The van der Waals surface area contributed by atoms with E-state index in [1.807, 2.05) is 30.3 Å². The fraction of sp³-hybridized carbons (Fsp3) is 0.300. The van der Waals surface area contributed by atoms with Crippen LogP contribution in [0.3, 0.4) is 0 Å². The number of piperidine rings is 1. The molecule has 0 bridgehead atoms. The van der Waals surface area contributed by atoms with E-state index < -0.39 is 17.3 Å². The molecule has 0 spiro atoms. The lowest BCUT2D eigenvalue weighted by atomic mass is 9.83. The van der Waals surface area contributed by atoms with Gasteiger partial charge in [0.15, 0.2) is 0 Å². The van der Waals surface area contributed by atoms with E-state index in [1.54, 1.807) is 18.2 Å². The number of nitrogens with zero attached hydrogens (tertiary/aromatic N) is 2. The summed E-state index contributed by atoms with van der Waals surface area (Å²) in [5.74, 6) is -1.03. The molecule has 3 aromatic rings. The van der Waals surface area contributed by atoms with E-state index in [2.05, 4.69) is 0 Å². The van der Waals surface area contributed by atoms with Gasteiger partial charge in [0.2, 0.25) is 5.91 Å². The molecule has 39 heavy (non-hydrogen) atoms. The van der Waals surface area contributed by atoms with Crippen LogP contribution in [-0.2, 0) is 29.4 Å². The minimum Gasteiger partial charge on any atom is -0.385 e. The van der Waals surface area contributed by atoms with Crippen molar-refractivity contribution in [3.63, 3.8) is 0 Å². The van der Waals surface area contributed by atoms with Crippen LogP contribution in [0.1, 0.15) is 55.8 Å². The number of aliphatic hydroxyl groups is 1. The number of hydrogen-bond acceptors (Lipinski definition) is 4. The van der Waals surface area contributed by atoms with Crippen LogP contribution in [0.25, 0.3) is 0 Å². The Labute approximate surface area is 223 Å². The second kappa shape index (κ2) is 10.3. The molecule has 1 saturated heterocycles. The molecule has 0 atom stereocenters. The third-order valence-corrected chi connectivity index (χ3v) is 7.54. The second-order valence-electron chi connectivity index (χ2n) is 10.0. The molecule has 5 rings (SSSR count). The van der Waals surface area contributed by atoms with E-state index >= 15 is 0 Å². The van der Waals surface area contributed by atoms with Gasteiger partial charge >= 0.3 is 6.18 Å². The Morgan fingerprint density at radius 3 is 2.33 bits per heavy atom. The predicted molar refractivity (Wildman–Crippen MR) is 137 cm³/mol. The number of halogens is 3. The molecule has 9 heteroatoms. The largest absolute Gasteiger partial charge is 0.416 e. The van der Waals surface area contributed by atoms with Gasteiger partial charge in [-0.3, -0.25) is 19.3 Å². The van der Waals surface area contributed by atoms with Gasteiger partial charge in [-0.2, -0.15) is 13.2 Å². The van der Waals surface area contributed by atoms with Gasteiger partial charge in [0, 0.05) is 30.8 Å². The van der Waals surface area contributed by atoms with Crippen molar-refractivity contribution in [1.29, 1.82) is 0 Å². The van der Waals surface area contributed by atoms with Crippen molar-refractivity contribution in [3.8, 4) is 0 Å². The maximum absolute atomic E-state index is 13.2. The van der Waals surface area contributed by atoms with Crippen molar-refractivity contribution >= 4 is 17.7 Å². The summed E-state index contributed by atoms with van der Waals surface area (Å²) in [6, 6.07) is 18.9. The minimum atomic E-state index is -4.52. The van der Waals surface area contributed by atoms with Crippen LogP contribution in [0, 0.1) is 0 Å². The van der Waals surface area contributed by atoms with Crippen LogP contribution in [-0.4, -0.2) is 52.3 Å². The number of carbonyl (C=O) groups is 3. The van der Waals surface area contributed by atoms with Crippen molar-refractivity contribution in [2.75, 3.05) is 19.6 Å². The Balaban J connectivity index is 1.25. The molecule has 1 N–H and O–H groups in total. The van der Waals surface area contributed by atoms with Gasteiger partial charge < -0.3 is 10.0 Å². The van der Waals surface area contributed by atoms with E-state index in [-0.39, 0.29) is 62.2 Å². The molecule has 2 aliphatic heterocycles. The zero-order valence-electron chi connectivity index (χ0n) is 21.1. The third-order valence-electron chi connectivity index (χ3n) is 7.54. The Kier molecular flexibility index (Phi) is 7.03. The average Bonchev–Trinajstić information content (AvgIpc) is 2.93. The molecular formula is C30H27F3N2O4. The molecule has 2 heterocycles. The number of alkyl halides is 3. The maximum atomic E-state index is 13.2. The zero-order chi connectivity index (χ0) is 27.8. The summed E-state index contributed by atoms with van der Waals surface area (Å²) in [6.07, 6.45) is -3.80. The van der Waals surface area contributed by atoms with Gasteiger partial charge in [0.1, 0.15) is 0 Å². The van der Waals surface area contributed by atoms with Crippen LogP contribution >= 0.6 is 0 Å². The molecule has 3 amide bonds. The molecule has 0 radical (unpaired) electrons. The lowest BCUT2D eigenvalue weighted by Gasteiger charge is -2.39. The zero-order valence-corrected chi connectivity index (χ0v) is 21.1. The van der Waals surface area contributed by atoms with Crippen molar-refractivity contribution in [1.82, 2.24) is 9.80 Å². The van der Waals surface area contributed by atoms with E-state index in [1.165, 1.54) is 21.9 Å². The average molecular weight is 537 g/mol. The molecule has 2 aliphatic rings. The molecule has 202 valence electrons. The van der Waals surface area contributed by atoms with E-state index in [0.29, 0.717) is 23.1 Å². The fourth-order valence-corrected chi connectivity index (χ4v) is 5.25. The summed E-state index contributed by atoms with van der Waals surface area (Å²) in [5, 5.41) is 11.1. The summed E-state index contributed by atoms with van der Waals surface area (Å²) in [4.78, 5) is 41.8. The van der Waals surface area contributed by atoms with Crippen LogP contribution < -0.4 is 0 Å². The number of amides is 3. The number of fused-ring (bicyclic) bond motifs is 1. The molecule has 6 nitrogen and oxygen atoms in total. The van der Waals surface area contributed by atoms with E-state index in [4.69, 9.17) is 0 Å². The number of imide groups is 1. The highest BCUT2D eigenvalue weighted by Gasteiger charge is 2.38. The smallest absolute Gasteiger partial charge is 0.385 e. The number of hydrogen-bond donors (Lipinski definition) is 1. The molecule has 1 fully saturated rings. The summed E-state index contributed by atoms with van der Waals surface area (Å²) in [6.45, 7) is 0.561. The Morgan fingerprint density at radius 1 is 0.923 bits per heavy atom. The van der Waals surface area contributed by atoms with E-state index in [9.17, 15) is 32.7 Å². The van der Waals surface area contributed by atoms with Crippen LogP contribution in [0.2, 0.25) is 0 Å². The van der Waals surface area contributed by atoms with Crippen LogP contribution in [0.15, 0.2) is 72.8 Å². The summed E-state index contributed by atoms with van der Waals surface area (Å²) in [7, 11) is 0. The van der Waals surface area contributed by atoms with Crippen molar-refractivity contribution < 1.29 is 32.7 Å². The normalized spacial score (nSPS) is 17.2. The van der Waals surface area contributed by atoms with Crippen molar-refractivity contribution in [3.05, 3.63) is 106 Å². The summed E-state index contributed by atoms with van der Waals surface area (Å²) < 4.78 is 39.4. The van der Waals surface area contributed by atoms with Gasteiger partial charge in [-0.05, 0) is 66.3 Å². The van der Waals surface area contributed by atoms with Gasteiger partial charge in [-0.1, -0.05) is 42.5 Å². The highest BCUT2D eigenvalue weighted by molar-refractivity contribution is 6.10. The SMILES string of the molecule is O=C(c1ccc2c(c1)CC(=O)N(CCc1ccccc1)C2=O)N1CCC(O)(c2cccc(C(F)(F)F)c2)CC1. The van der Waals surface area contributed by atoms with Crippen molar-refractivity contribution in [2.45, 2.75) is 37.5 Å². The number of carbonyl (C=O) groups excluding carboxylic acids is 3. The minimum absolute atomic E-state index is 0.00623. The summed E-state index contributed by atoms with van der Waals surface area (Å²) in [5.41, 5.74) is 0.0791. The maximum Gasteiger partial charge on any atom is 0.416 e. The lowest BCUT2D eigenvalue weighted by Crippen LogP contribution is -2.45. The van der Waals surface area contributed by atoms with Crippen molar-refractivity contribution in [2.24, 2.45) is 0 Å². The topological polar surface area (TPSA) is 77.9 Å². The first-order valence-corrected chi connectivity index (χ1v) is 12.8. The van der Waals surface area contributed by atoms with Crippen LogP contribution in [0.4, 0.5) is 13.2 Å². The predicted octanol–water partition coefficient (Wildman–Crippen LogP) is 4.60. The highest BCUT2D eigenvalue weighted by Crippen LogP contribution is 2.37. The van der Waals surface area contributed by atoms with Gasteiger partial charge in [-0.25, -0.2) is 0 Å². The quantitative estimate of drug-likeness (QED) is 0.484. The Hall–Kier alpha value is -3.98. The first-order chi connectivity index (χ1) is 18.5. The first-order valence-electron chi connectivity index (χ1n) is 12.8. The fourth-order valence-electron chi connectivity index (χ4n) is 5.25. The third kappa shape index (κ3) is 5.45. The van der Waals surface area contributed by atoms with E-state index in [0.717, 1.165) is 17.7 Å². The van der Waals surface area contributed by atoms with Crippen LogP contribution in [0.5, 0.6) is 0 Å². The Bertz CT molecular complexity index is 1410. The second-order valence-corrected chi connectivity index (χ2v) is 10.0. The van der Waals surface area contributed by atoms with Gasteiger partial charge in [0.25, 0.3) is 11.8 Å². The number of likely N-dealkylation sites (tertiary alicyclic amines) is 1. The van der Waals surface area contributed by atoms with Gasteiger partial charge in [0.05, 0.1) is 17.6 Å². The molecule has 3 aromatic carbocycles. The number of rotatable bonds is 5. The lowest BCUT2D eigenvalue weighted by molar-refractivity contribution is -0.137. The molecular weight excluding hydrogens is 509 g/mol. The molecule has 0 aliphatic carbocycles. The Morgan fingerprint density at radius 2 is 1.64 bits per heavy atom.